The van der Waals surface area contributed by atoms with Crippen molar-refractivity contribution in [3.05, 3.63) is 82.4 Å². The Bertz CT molecular complexity index is 959. The quantitative estimate of drug-likeness (QED) is 0.560. The van der Waals surface area contributed by atoms with Gasteiger partial charge in [-0.3, -0.25) is 4.79 Å². The van der Waals surface area contributed by atoms with Crippen molar-refractivity contribution in [1.29, 1.82) is 0 Å². The molecule has 0 aliphatic carbocycles. The Kier molecular flexibility index (Phi) is 4.80. The normalized spacial score (nSPS) is 10.8. The number of halogens is 1. The minimum Gasteiger partial charge on any atom is -0.497 e. The molecule has 3 aromatic rings. The van der Waals surface area contributed by atoms with Crippen LogP contribution in [0.5, 0.6) is 5.75 Å². The molecule has 0 unspecified atom stereocenters. The highest BCUT2D eigenvalue weighted by molar-refractivity contribution is 6.09. The molecule has 1 aromatic heterocycles. The molecule has 0 bridgehead atoms. The number of nitrogen functional groups attached to an aromatic ring is 1. The number of benzene rings is 2. The van der Waals surface area contributed by atoms with Gasteiger partial charge in [0.05, 0.1) is 12.8 Å². The summed E-state index contributed by atoms with van der Waals surface area (Å²) in [5.41, 5.74) is 9.45. The van der Waals surface area contributed by atoms with E-state index in [0.29, 0.717) is 34.7 Å². The summed E-state index contributed by atoms with van der Waals surface area (Å²) >= 11 is 0. The molecule has 4 nitrogen and oxygen atoms in total. The second-order valence-corrected chi connectivity index (χ2v) is 6.31. The number of aromatic nitrogens is 1. The van der Waals surface area contributed by atoms with Gasteiger partial charge in [-0.05, 0) is 60.5 Å². The lowest BCUT2D eigenvalue weighted by Crippen LogP contribution is -2.11. The fourth-order valence-corrected chi connectivity index (χ4v) is 3.11. The zero-order chi connectivity index (χ0) is 18.8. The standard InChI is InChI=1S/C21H21FN2O2/c1-13-10-17(11-15-4-7-16(23)12-19(15)22)24(2)20(13)21(25)14-5-8-18(26-3)9-6-14/h4-10,12H,11,23H2,1-3H3. The van der Waals surface area contributed by atoms with E-state index in [1.807, 2.05) is 24.6 Å². The average Bonchev–Trinajstić information content (AvgIpc) is 2.90. The third-order valence-electron chi connectivity index (χ3n) is 4.54. The number of hydrogen-bond donors (Lipinski definition) is 1. The molecule has 0 atom stereocenters. The molecular weight excluding hydrogens is 331 g/mol. The van der Waals surface area contributed by atoms with Gasteiger partial charge in [-0.1, -0.05) is 6.07 Å². The summed E-state index contributed by atoms with van der Waals surface area (Å²) < 4.78 is 21.1. The molecule has 0 fully saturated rings. The smallest absolute Gasteiger partial charge is 0.209 e. The summed E-state index contributed by atoms with van der Waals surface area (Å²) in [6.07, 6.45) is 0.388. The lowest BCUT2D eigenvalue weighted by molar-refractivity contribution is 0.103. The molecule has 1 heterocycles. The largest absolute Gasteiger partial charge is 0.497 e. The Labute approximate surface area is 152 Å². The van der Waals surface area contributed by atoms with E-state index >= 15 is 0 Å². The number of methoxy groups -OCH3 is 1. The van der Waals surface area contributed by atoms with Crippen molar-refractivity contribution in [2.75, 3.05) is 12.8 Å². The molecule has 0 aliphatic rings. The van der Waals surface area contributed by atoms with Crippen molar-refractivity contribution in [2.24, 2.45) is 7.05 Å². The lowest BCUT2D eigenvalue weighted by Gasteiger charge is -2.09. The third-order valence-corrected chi connectivity index (χ3v) is 4.54. The molecule has 0 spiro atoms. The molecular formula is C21H21FN2O2. The predicted molar refractivity (Wildman–Crippen MR) is 100 cm³/mol. The summed E-state index contributed by atoms with van der Waals surface area (Å²) in [4.78, 5) is 12.9. The summed E-state index contributed by atoms with van der Waals surface area (Å²) in [6.45, 7) is 1.89. The van der Waals surface area contributed by atoms with E-state index in [1.54, 1.807) is 43.5 Å². The van der Waals surface area contributed by atoms with Crippen molar-refractivity contribution in [1.82, 2.24) is 4.57 Å². The van der Waals surface area contributed by atoms with Crippen LogP contribution in [0.25, 0.3) is 0 Å². The molecule has 0 saturated carbocycles. The first kappa shape index (κ1) is 17.7. The van der Waals surface area contributed by atoms with E-state index in [2.05, 4.69) is 0 Å². The molecule has 0 aliphatic heterocycles. The van der Waals surface area contributed by atoms with Gasteiger partial charge in [-0.2, -0.15) is 0 Å². The van der Waals surface area contributed by atoms with Crippen molar-refractivity contribution >= 4 is 11.5 Å². The van der Waals surface area contributed by atoms with E-state index in [0.717, 1.165) is 11.3 Å². The van der Waals surface area contributed by atoms with Crippen LogP contribution in [0.4, 0.5) is 10.1 Å². The van der Waals surface area contributed by atoms with Crippen LogP contribution >= 0.6 is 0 Å². The van der Waals surface area contributed by atoms with Gasteiger partial charge in [0, 0.05) is 30.4 Å². The van der Waals surface area contributed by atoms with Crippen LogP contribution in [0.3, 0.4) is 0 Å². The first-order valence-corrected chi connectivity index (χ1v) is 8.28. The van der Waals surface area contributed by atoms with Gasteiger partial charge in [0.25, 0.3) is 0 Å². The lowest BCUT2D eigenvalue weighted by atomic mass is 10.1. The van der Waals surface area contributed by atoms with Gasteiger partial charge in [0.15, 0.2) is 0 Å². The van der Waals surface area contributed by atoms with E-state index < -0.39 is 0 Å². The minimum atomic E-state index is -0.341. The molecule has 26 heavy (non-hydrogen) atoms. The number of rotatable bonds is 5. The summed E-state index contributed by atoms with van der Waals surface area (Å²) in [5.74, 6) is 0.285. The predicted octanol–water partition coefficient (Wildman–Crippen LogP) is 3.89. The maximum atomic E-state index is 14.1. The van der Waals surface area contributed by atoms with E-state index in [4.69, 9.17) is 10.5 Å². The number of hydrogen-bond acceptors (Lipinski definition) is 3. The van der Waals surface area contributed by atoms with Gasteiger partial charge >= 0.3 is 0 Å². The van der Waals surface area contributed by atoms with Gasteiger partial charge in [-0.25, -0.2) is 4.39 Å². The number of aryl methyl sites for hydroxylation is 1. The minimum absolute atomic E-state index is 0.0725. The Balaban J connectivity index is 1.93. The molecule has 2 N–H and O–H groups in total. The van der Waals surface area contributed by atoms with Crippen LogP contribution in [0.15, 0.2) is 48.5 Å². The monoisotopic (exact) mass is 352 g/mol. The van der Waals surface area contributed by atoms with E-state index in [9.17, 15) is 9.18 Å². The number of nitrogens with zero attached hydrogens (tertiary/aromatic N) is 1. The maximum Gasteiger partial charge on any atom is 0.209 e. The highest BCUT2D eigenvalue weighted by atomic mass is 19.1. The Morgan fingerprint density at radius 2 is 1.85 bits per heavy atom. The second kappa shape index (κ2) is 7.04. The fraction of sp³-hybridized carbons (Fsp3) is 0.190. The number of carbonyl (C=O) groups is 1. The van der Waals surface area contributed by atoms with Crippen molar-refractivity contribution in [3.63, 3.8) is 0 Å². The zero-order valence-corrected chi connectivity index (χ0v) is 15.0. The number of ether oxygens (including phenoxy) is 1. The summed E-state index contributed by atoms with van der Waals surface area (Å²) in [5, 5.41) is 0. The van der Waals surface area contributed by atoms with Crippen LogP contribution < -0.4 is 10.5 Å². The van der Waals surface area contributed by atoms with Crippen molar-refractivity contribution in [3.8, 4) is 5.75 Å². The van der Waals surface area contributed by atoms with Crippen molar-refractivity contribution in [2.45, 2.75) is 13.3 Å². The molecule has 134 valence electrons. The Morgan fingerprint density at radius 1 is 1.15 bits per heavy atom. The SMILES string of the molecule is COc1ccc(C(=O)c2c(C)cc(Cc3ccc(N)cc3F)n2C)cc1. The highest BCUT2D eigenvalue weighted by Gasteiger charge is 2.19. The Hall–Kier alpha value is -3.08. The van der Waals surface area contributed by atoms with Gasteiger partial charge in [0.2, 0.25) is 5.78 Å². The maximum absolute atomic E-state index is 14.1. The van der Waals surface area contributed by atoms with Crippen molar-refractivity contribution < 1.29 is 13.9 Å². The number of ketones is 1. The zero-order valence-electron chi connectivity index (χ0n) is 15.0. The first-order chi connectivity index (χ1) is 12.4. The van der Waals surface area contributed by atoms with Crippen LogP contribution in [-0.2, 0) is 13.5 Å². The van der Waals surface area contributed by atoms with E-state index in [1.165, 1.54) is 6.07 Å². The summed E-state index contributed by atoms with van der Waals surface area (Å²) in [7, 11) is 3.41. The van der Waals surface area contributed by atoms with Crippen LogP contribution in [0.1, 0.15) is 32.9 Å². The number of nitrogens with two attached hydrogens (primary N) is 1. The Morgan fingerprint density at radius 3 is 2.46 bits per heavy atom. The van der Waals surface area contributed by atoms with Gasteiger partial charge < -0.3 is 15.0 Å². The second-order valence-electron chi connectivity index (χ2n) is 6.31. The molecule has 3 rings (SSSR count). The molecule has 5 heteroatoms. The fourth-order valence-electron chi connectivity index (χ4n) is 3.11. The third kappa shape index (κ3) is 3.33. The highest BCUT2D eigenvalue weighted by Crippen LogP contribution is 2.23. The van der Waals surface area contributed by atoms with Gasteiger partial charge in [-0.15, -0.1) is 0 Å². The van der Waals surface area contributed by atoms with Crippen LogP contribution in [0, 0.1) is 12.7 Å². The molecule has 0 saturated heterocycles. The van der Waals surface area contributed by atoms with Crippen LogP contribution in [0.2, 0.25) is 0 Å². The number of anilines is 1. The topological polar surface area (TPSA) is 57.2 Å². The first-order valence-electron chi connectivity index (χ1n) is 8.28. The van der Waals surface area contributed by atoms with Gasteiger partial charge in [0.1, 0.15) is 11.6 Å². The number of carbonyl (C=O) groups excluding carboxylic acids is 1. The summed E-state index contributed by atoms with van der Waals surface area (Å²) in [6, 6.07) is 13.6. The van der Waals surface area contributed by atoms with E-state index in [-0.39, 0.29) is 11.6 Å². The molecule has 0 radical (unpaired) electrons. The van der Waals surface area contributed by atoms with Crippen LogP contribution in [-0.4, -0.2) is 17.5 Å². The molecule has 2 aromatic carbocycles. The average molecular weight is 352 g/mol. The molecule has 0 amide bonds.